The zero-order valence-electron chi connectivity index (χ0n) is 16.2. The Kier molecular flexibility index (Phi) is 5.40. The van der Waals surface area contributed by atoms with Gasteiger partial charge >= 0.3 is 0 Å². The van der Waals surface area contributed by atoms with E-state index in [4.69, 9.17) is 9.26 Å². The predicted octanol–water partition coefficient (Wildman–Crippen LogP) is 2.01. The summed E-state index contributed by atoms with van der Waals surface area (Å²) in [4.78, 5) is 13.3. The van der Waals surface area contributed by atoms with Crippen molar-refractivity contribution in [2.75, 3.05) is 38.3 Å². The Morgan fingerprint density at radius 2 is 2.18 bits per heavy atom. The van der Waals surface area contributed by atoms with Crippen molar-refractivity contribution < 1.29 is 14.4 Å². The first kappa shape index (κ1) is 18.6. The lowest BCUT2D eigenvalue weighted by atomic mass is 10.1. The van der Waals surface area contributed by atoms with E-state index < -0.39 is 0 Å². The largest absolute Gasteiger partial charge is 0.497 e. The quantitative estimate of drug-likeness (QED) is 0.692. The number of methoxy groups -OCH3 is 1. The van der Waals surface area contributed by atoms with Gasteiger partial charge in [-0.2, -0.15) is 4.98 Å². The van der Waals surface area contributed by atoms with Crippen LogP contribution in [0.2, 0.25) is 0 Å². The van der Waals surface area contributed by atoms with E-state index in [0.29, 0.717) is 12.1 Å². The summed E-state index contributed by atoms with van der Waals surface area (Å²) in [6.45, 7) is 5.37. The highest BCUT2D eigenvalue weighted by Gasteiger charge is 2.29. The molecule has 0 aliphatic carbocycles. The monoisotopic (exact) mass is 383 g/mol. The van der Waals surface area contributed by atoms with Crippen LogP contribution in [0.25, 0.3) is 11.1 Å². The number of aliphatic hydroxyl groups is 1. The molecule has 0 saturated carbocycles. The van der Waals surface area contributed by atoms with E-state index in [1.807, 2.05) is 19.1 Å². The van der Waals surface area contributed by atoms with E-state index >= 15 is 0 Å². The number of fused-ring (bicyclic) bond motifs is 1. The molecule has 1 N–H and O–H groups in total. The first-order valence-corrected chi connectivity index (χ1v) is 9.49. The topological polar surface area (TPSA) is 87.8 Å². The Labute approximate surface area is 163 Å². The Balaban J connectivity index is 1.55. The average molecular weight is 383 g/mol. The highest BCUT2D eigenvalue weighted by atomic mass is 16.5. The molecule has 148 valence electrons. The van der Waals surface area contributed by atoms with Crippen LogP contribution in [0.1, 0.15) is 17.7 Å². The van der Waals surface area contributed by atoms with Crippen molar-refractivity contribution >= 4 is 16.9 Å². The van der Waals surface area contributed by atoms with Crippen LogP contribution in [0.5, 0.6) is 5.75 Å². The molecule has 1 aliphatic heterocycles. The third-order valence-electron chi connectivity index (χ3n) is 5.31. The van der Waals surface area contributed by atoms with Crippen molar-refractivity contribution in [3.05, 3.63) is 41.9 Å². The molecule has 8 heteroatoms. The SMILES string of the molecule is COc1cccc(CN2CCN(c3ncnc4onc(C)c34)CC2CCO)c1. The molecule has 1 atom stereocenters. The molecule has 8 nitrogen and oxygen atoms in total. The molecule has 0 bridgehead atoms. The van der Waals surface area contributed by atoms with E-state index in [-0.39, 0.29) is 12.6 Å². The van der Waals surface area contributed by atoms with Gasteiger partial charge in [-0.3, -0.25) is 4.90 Å². The minimum atomic E-state index is 0.151. The van der Waals surface area contributed by atoms with Crippen LogP contribution in [0.4, 0.5) is 5.82 Å². The van der Waals surface area contributed by atoms with Gasteiger partial charge in [0.1, 0.15) is 23.3 Å². The van der Waals surface area contributed by atoms with Crippen molar-refractivity contribution in [3.8, 4) is 5.75 Å². The van der Waals surface area contributed by atoms with Crippen LogP contribution in [-0.2, 0) is 6.54 Å². The number of rotatable bonds is 6. The van der Waals surface area contributed by atoms with Gasteiger partial charge in [-0.25, -0.2) is 4.98 Å². The van der Waals surface area contributed by atoms with E-state index in [0.717, 1.165) is 48.8 Å². The highest BCUT2D eigenvalue weighted by molar-refractivity contribution is 5.87. The molecule has 1 fully saturated rings. The molecule has 0 radical (unpaired) electrons. The number of nitrogens with zero attached hydrogens (tertiary/aromatic N) is 5. The number of benzene rings is 1. The summed E-state index contributed by atoms with van der Waals surface area (Å²) in [5.41, 5.74) is 2.51. The maximum atomic E-state index is 9.61. The Morgan fingerprint density at radius 1 is 1.29 bits per heavy atom. The van der Waals surface area contributed by atoms with Gasteiger partial charge in [0.2, 0.25) is 0 Å². The summed E-state index contributed by atoms with van der Waals surface area (Å²) in [7, 11) is 1.68. The minimum absolute atomic E-state index is 0.151. The van der Waals surface area contributed by atoms with Crippen LogP contribution in [-0.4, -0.2) is 64.5 Å². The van der Waals surface area contributed by atoms with Gasteiger partial charge in [0, 0.05) is 38.8 Å². The second-order valence-corrected chi connectivity index (χ2v) is 7.08. The lowest BCUT2D eigenvalue weighted by molar-refractivity contribution is 0.135. The van der Waals surface area contributed by atoms with Crippen molar-refractivity contribution in [2.24, 2.45) is 0 Å². The molecule has 1 unspecified atom stereocenters. The van der Waals surface area contributed by atoms with Gasteiger partial charge in [-0.15, -0.1) is 0 Å². The lowest BCUT2D eigenvalue weighted by Gasteiger charge is -2.42. The third kappa shape index (κ3) is 3.65. The number of hydrogen-bond donors (Lipinski definition) is 1. The molecule has 4 rings (SSSR count). The van der Waals surface area contributed by atoms with Crippen LogP contribution in [0, 0.1) is 6.92 Å². The molecule has 0 spiro atoms. The molecular weight excluding hydrogens is 358 g/mol. The van der Waals surface area contributed by atoms with E-state index in [1.54, 1.807) is 7.11 Å². The highest BCUT2D eigenvalue weighted by Crippen LogP contribution is 2.28. The summed E-state index contributed by atoms with van der Waals surface area (Å²) in [6.07, 6.45) is 2.23. The summed E-state index contributed by atoms with van der Waals surface area (Å²) >= 11 is 0. The van der Waals surface area contributed by atoms with Gasteiger partial charge in [-0.1, -0.05) is 17.3 Å². The zero-order valence-corrected chi connectivity index (χ0v) is 16.2. The van der Waals surface area contributed by atoms with Gasteiger partial charge in [0.25, 0.3) is 5.71 Å². The Morgan fingerprint density at radius 3 is 3.00 bits per heavy atom. The van der Waals surface area contributed by atoms with Gasteiger partial charge in [0.05, 0.1) is 12.8 Å². The average Bonchev–Trinajstić information content (AvgIpc) is 3.11. The van der Waals surface area contributed by atoms with Crippen LogP contribution < -0.4 is 9.64 Å². The number of aliphatic hydroxyl groups excluding tert-OH is 1. The predicted molar refractivity (Wildman–Crippen MR) is 105 cm³/mol. The molecule has 28 heavy (non-hydrogen) atoms. The molecule has 1 saturated heterocycles. The first-order chi connectivity index (χ1) is 13.7. The van der Waals surface area contributed by atoms with E-state index in [2.05, 4.69) is 37.1 Å². The molecule has 3 aromatic rings. The van der Waals surface area contributed by atoms with Crippen molar-refractivity contribution in [3.63, 3.8) is 0 Å². The van der Waals surface area contributed by atoms with E-state index in [1.165, 1.54) is 11.9 Å². The standard InChI is InChI=1S/C20H25N5O3/c1-14-18-19(21-13-22-20(18)28-23-14)25-8-7-24(16(12-25)6-9-26)11-15-4-3-5-17(10-15)27-2/h3-5,10,13,16,26H,6-9,11-12H2,1-2H3. The maximum Gasteiger partial charge on any atom is 0.263 e. The summed E-state index contributed by atoms with van der Waals surface area (Å²) in [6, 6.07) is 8.36. The van der Waals surface area contributed by atoms with Gasteiger partial charge < -0.3 is 19.3 Å². The number of aromatic nitrogens is 3. The van der Waals surface area contributed by atoms with Gasteiger partial charge in [0.15, 0.2) is 0 Å². The summed E-state index contributed by atoms with van der Waals surface area (Å²) in [5, 5.41) is 14.5. The fraction of sp³-hybridized carbons (Fsp3) is 0.450. The first-order valence-electron chi connectivity index (χ1n) is 9.49. The Bertz CT molecular complexity index is 944. The van der Waals surface area contributed by atoms with Crippen LogP contribution >= 0.6 is 0 Å². The summed E-state index contributed by atoms with van der Waals surface area (Å²) < 4.78 is 10.6. The molecule has 1 aromatic carbocycles. The van der Waals surface area contributed by atoms with Crippen LogP contribution in [0.3, 0.4) is 0 Å². The van der Waals surface area contributed by atoms with Crippen molar-refractivity contribution in [1.82, 2.24) is 20.0 Å². The Hall–Kier alpha value is -2.71. The normalized spacial score (nSPS) is 18.0. The number of anilines is 1. The number of ether oxygens (including phenoxy) is 1. The summed E-state index contributed by atoms with van der Waals surface area (Å²) in [5.74, 6) is 1.72. The number of aryl methyl sites for hydroxylation is 1. The van der Waals surface area contributed by atoms with Crippen molar-refractivity contribution in [2.45, 2.75) is 25.9 Å². The maximum absolute atomic E-state index is 9.61. The zero-order chi connectivity index (χ0) is 19.5. The van der Waals surface area contributed by atoms with Crippen LogP contribution in [0.15, 0.2) is 35.1 Å². The number of piperazine rings is 1. The third-order valence-corrected chi connectivity index (χ3v) is 5.31. The second-order valence-electron chi connectivity index (χ2n) is 7.08. The molecule has 2 aromatic heterocycles. The fourth-order valence-corrected chi connectivity index (χ4v) is 3.87. The smallest absolute Gasteiger partial charge is 0.263 e. The molecule has 3 heterocycles. The lowest BCUT2D eigenvalue weighted by Crippen LogP contribution is -2.53. The molecule has 1 aliphatic rings. The fourth-order valence-electron chi connectivity index (χ4n) is 3.87. The second kappa shape index (κ2) is 8.12. The molecular formula is C20H25N5O3. The van der Waals surface area contributed by atoms with E-state index in [9.17, 15) is 5.11 Å². The number of hydrogen-bond acceptors (Lipinski definition) is 8. The van der Waals surface area contributed by atoms with Crippen molar-refractivity contribution in [1.29, 1.82) is 0 Å². The molecule has 0 amide bonds. The minimum Gasteiger partial charge on any atom is -0.497 e. The van der Waals surface area contributed by atoms with Gasteiger partial charge in [-0.05, 0) is 31.0 Å².